The van der Waals surface area contributed by atoms with E-state index in [9.17, 15) is 0 Å². The van der Waals surface area contributed by atoms with Crippen molar-refractivity contribution in [2.45, 2.75) is 39.7 Å². The highest BCUT2D eigenvalue weighted by Crippen LogP contribution is 2.40. The Morgan fingerprint density at radius 2 is 1.78 bits per heavy atom. The predicted molar refractivity (Wildman–Crippen MR) is 115 cm³/mol. The Labute approximate surface area is 169 Å². The second kappa shape index (κ2) is 8.53. The Balaban J connectivity index is 0.00000210. The molecule has 0 unspecified atom stereocenters. The van der Waals surface area contributed by atoms with Gasteiger partial charge in [-0.25, -0.2) is 0 Å². The number of allylic oxidation sites excluding steroid dienone is 2. The standard InChI is InChI=1S/C23H30N2O.ClH/c1-23(2)11-9-19(10-12-23)21-7-3-4-8-22(21)25-15-13-24(14-16-25)18-20-6-5-17-26-20;/h3-9,17H,10-16,18H2,1-2H3;1H. The predicted octanol–water partition coefficient (Wildman–Crippen LogP) is 5.62. The van der Waals surface area contributed by atoms with Gasteiger partial charge in [-0.1, -0.05) is 38.1 Å². The number of benzene rings is 1. The highest BCUT2D eigenvalue weighted by atomic mass is 35.5. The lowest BCUT2D eigenvalue weighted by Crippen LogP contribution is -2.46. The Hall–Kier alpha value is -1.71. The smallest absolute Gasteiger partial charge is 0.117 e. The molecule has 1 saturated heterocycles. The number of piperazine rings is 1. The Bertz CT molecular complexity index is 758. The number of hydrogen-bond acceptors (Lipinski definition) is 3. The van der Waals surface area contributed by atoms with Gasteiger partial charge in [-0.05, 0) is 48.4 Å². The van der Waals surface area contributed by atoms with Crippen LogP contribution in [0, 0.1) is 5.41 Å². The van der Waals surface area contributed by atoms with Gasteiger partial charge in [0.25, 0.3) is 0 Å². The molecule has 2 aliphatic rings. The first-order chi connectivity index (χ1) is 12.6. The third-order valence-electron chi connectivity index (χ3n) is 5.89. The summed E-state index contributed by atoms with van der Waals surface area (Å²) >= 11 is 0. The van der Waals surface area contributed by atoms with Crippen LogP contribution >= 0.6 is 12.4 Å². The second-order valence-corrected chi connectivity index (χ2v) is 8.46. The van der Waals surface area contributed by atoms with Crippen LogP contribution in [0.15, 0.2) is 53.2 Å². The molecule has 0 N–H and O–H groups in total. The summed E-state index contributed by atoms with van der Waals surface area (Å²) in [6, 6.07) is 13.0. The van der Waals surface area contributed by atoms with E-state index in [2.05, 4.69) is 60.1 Å². The third-order valence-corrected chi connectivity index (χ3v) is 5.89. The van der Waals surface area contributed by atoms with Crippen molar-refractivity contribution in [2.24, 2.45) is 5.41 Å². The van der Waals surface area contributed by atoms with Gasteiger partial charge >= 0.3 is 0 Å². The van der Waals surface area contributed by atoms with Gasteiger partial charge in [0.2, 0.25) is 0 Å². The largest absolute Gasteiger partial charge is 0.468 e. The summed E-state index contributed by atoms with van der Waals surface area (Å²) in [6.45, 7) is 10.0. The fraction of sp³-hybridized carbons (Fsp3) is 0.478. The molecule has 3 nitrogen and oxygen atoms in total. The topological polar surface area (TPSA) is 19.6 Å². The van der Waals surface area contributed by atoms with E-state index >= 15 is 0 Å². The zero-order valence-electron chi connectivity index (χ0n) is 16.5. The highest BCUT2D eigenvalue weighted by Gasteiger charge is 2.25. The maximum atomic E-state index is 5.50. The molecule has 0 amide bonds. The van der Waals surface area contributed by atoms with Crippen molar-refractivity contribution in [2.75, 3.05) is 31.1 Å². The maximum absolute atomic E-state index is 5.50. The van der Waals surface area contributed by atoms with Gasteiger partial charge in [-0.2, -0.15) is 0 Å². The molecule has 4 heteroatoms. The molecule has 0 atom stereocenters. The summed E-state index contributed by atoms with van der Waals surface area (Å²) in [5, 5.41) is 0. The van der Waals surface area contributed by atoms with Crippen molar-refractivity contribution in [3.63, 3.8) is 0 Å². The zero-order chi connectivity index (χ0) is 18.0. The van der Waals surface area contributed by atoms with Gasteiger partial charge in [0.05, 0.1) is 12.8 Å². The summed E-state index contributed by atoms with van der Waals surface area (Å²) in [7, 11) is 0. The van der Waals surface area contributed by atoms with Crippen LogP contribution in [0.4, 0.5) is 5.69 Å². The molecule has 1 aromatic heterocycles. The monoisotopic (exact) mass is 386 g/mol. The van der Waals surface area contributed by atoms with Crippen molar-refractivity contribution < 1.29 is 4.42 Å². The average molecular weight is 387 g/mol. The first-order valence-electron chi connectivity index (χ1n) is 9.89. The fourth-order valence-corrected chi connectivity index (χ4v) is 4.11. The summed E-state index contributed by atoms with van der Waals surface area (Å²) in [4.78, 5) is 5.05. The molecule has 2 heterocycles. The van der Waals surface area contributed by atoms with Crippen LogP contribution in [-0.4, -0.2) is 31.1 Å². The molecule has 146 valence electrons. The lowest BCUT2D eigenvalue weighted by atomic mass is 9.77. The van der Waals surface area contributed by atoms with E-state index in [0.717, 1.165) is 38.5 Å². The van der Waals surface area contributed by atoms with Crippen molar-refractivity contribution >= 4 is 23.7 Å². The van der Waals surface area contributed by atoms with E-state index in [4.69, 9.17) is 4.42 Å². The molecule has 2 aromatic rings. The zero-order valence-corrected chi connectivity index (χ0v) is 17.3. The normalized spacial score (nSPS) is 20.1. The first kappa shape index (κ1) is 20.0. The van der Waals surface area contributed by atoms with Crippen LogP contribution in [0.5, 0.6) is 0 Å². The minimum atomic E-state index is 0. The molecule has 1 aromatic carbocycles. The van der Waals surface area contributed by atoms with Crippen molar-refractivity contribution in [3.8, 4) is 0 Å². The molecule has 0 spiro atoms. The molecule has 1 fully saturated rings. The molecule has 27 heavy (non-hydrogen) atoms. The number of para-hydroxylation sites is 1. The maximum Gasteiger partial charge on any atom is 0.117 e. The molecule has 0 bridgehead atoms. The van der Waals surface area contributed by atoms with Crippen LogP contribution < -0.4 is 4.90 Å². The number of furan rings is 1. The molecule has 4 rings (SSSR count). The van der Waals surface area contributed by atoms with Crippen molar-refractivity contribution in [3.05, 3.63) is 60.1 Å². The number of hydrogen-bond donors (Lipinski definition) is 0. The van der Waals surface area contributed by atoms with Gasteiger partial charge in [0.15, 0.2) is 0 Å². The SMILES string of the molecule is CC1(C)CC=C(c2ccccc2N2CCN(Cc3ccco3)CC2)CC1.Cl. The van der Waals surface area contributed by atoms with Gasteiger partial charge < -0.3 is 9.32 Å². The lowest BCUT2D eigenvalue weighted by molar-refractivity contribution is 0.230. The molecular formula is C23H31ClN2O. The Morgan fingerprint density at radius 3 is 2.44 bits per heavy atom. The van der Waals surface area contributed by atoms with Gasteiger partial charge in [-0.15, -0.1) is 12.4 Å². The van der Waals surface area contributed by atoms with Crippen LogP contribution in [0.25, 0.3) is 5.57 Å². The number of nitrogens with zero attached hydrogens (tertiary/aromatic N) is 2. The third kappa shape index (κ3) is 4.77. The molecular weight excluding hydrogens is 356 g/mol. The van der Waals surface area contributed by atoms with Gasteiger partial charge in [0, 0.05) is 37.4 Å². The summed E-state index contributed by atoms with van der Waals surface area (Å²) in [6.07, 6.45) is 7.91. The minimum Gasteiger partial charge on any atom is -0.468 e. The van der Waals surface area contributed by atoms with E-state index in [1.807, 2.05) is 6.07 Å². The molecule has 0 saturated carbocycles. The summed E-state index contributed by atoms with van der Waals surface area (Å²) < 4.78 is 5.50. The molecule has 1 aliphatic carbocycles. The van der Waals surface area contributed by atoms with Crippen LogP contribution in [-0.2, 0) is 6.54 Å². The lowest BCUT2D eigenvalue weighted by Gasteiger charge is -2.37. The highest BCUT2D eigenvalue weighted by molar-refractivity contribution is 5.85. The molecule has 0 radical (unpaired) electrons. The van der Waals surface area contributed by atoms with Crippen LogP contribution in [0.3, 0.4) is 0 Å². The number of rotatable bonds is 4. The van der Waals surface area contributed by atoms with Crippen molar-refractivity contribution in [1.82, 2.24) is 4.90 Å². The van der Waals surface area contributed by atoms with E-state index < -0.39 is 0 Å². The van der Waals surface area contributed by atoms with E-state index in [1.54, 1.807) is 6.26 Å². The molecule has 1 aliphatic heterocycles. The van der Waals surface area contributed by atoms with E-state index in [1.165, 1.54) is 36.1 Å². The Kier molecular flexibility index (Phi) is 6.33. The first-order valence-corrected chi connectivity index (χ1v) is 9.89. The van der Waals surface area contributed by atoms with Gasteiger partial charge in [-0.3, -0.25) is 4.90 Å². The van der Waals surface area contributed by atoms with E-state index in [0.29, 0.717) is 5.41 Å². The average Bonchev–Trinajstić information content (AvgIpc) is 3.16. The number of halogens is 1. The van der Waals surface area contributed by atoms with E-state index in [-0.39, 0.29) is 12.4 Å². The summed E-state index contributed by atoms with van der Waals surface area (Å²) in [5.41, 5.74) is 4.85. The van der Waals surface area contributed by atoms with Crippen LogP contribution in [0.2, 0.25) is 0 Å². The quantitative estimate of drug-likeness (QED) is 0.680. The van der Waals surface area contributed by atoms with Crippen LogP contribution in [0.1, 0.15) is 44.4 Å². The summed E-state index contributed by atoms with van der Waals surface area (Å²) in [5.74, 6) is 1.06. The van der Waals surface area contributed by atoms with Gasteiger partial charge in [0.1, 0.15) is 5.76 Å². The van der Waals surface area contributed by atoms with Crippen molar-refractivity contribution in [1.29, 1.82) is 0 Å². The fourth-order valence-electron chi connectivity index (χ4n) is 4.11. The second-order valence-electron chi connectivity index (χ2n) is 8.46. The Morgan fingerprint density at radius 1 is 1.00 bits per heavy atom. The number of anilines is 1. The minimum absolute atomic E-state index is 0.